The Morgan fingerprint density at radius 3 is 2.65 bits per heavy atom. The summed E-state index contributed by atoms with van der Waals surface area (Å²) in [5.41, 5.74) is 1.08. The fourth-order valence-corrected chi connectivity index (χ4v) is 2.04. The first-order valence-electron chi connectivity index (χ1n) is 6.43. The van der Waals surface area contributed by atoms with Crippen LogP contribution in [0.3, 0.4) is 0 Å². The summed E-state index contributed by atoms with van der Waals surface area (Å²) in [4.78, 5) is 8.52. The van der Waals surface area contributed by atoms with E-state index in [0.717, 1.165) is 28.8 Å². The molecule has 0 spiro atoms. The highest BCUT2D eigenvalue weighted by molar-refractivity contribution is 9.10. The SMILES string of the molecule is CCNc1ncc(Br)c(NCCc2ccc(F)cc2)n1. The normalized spacial score (nSPS) is 10.3. The lowest BCUT2D eigenvalue weighted by atomic mass is 10.1. The number of hydrogen-bond acceptors (Lipinski definition) is 4. The van der Waals surface area contributed by atoms with Crippen molar-refractivity contribution < 1.29 is 4.39 Å². The third-order valence-electron chi connectivity index (χ3n) is 2.70. The van der Waals surface area contributed by atoms with Gasteiger partial charge >= 0.3 is 0 Å². The van der Waals surface area contributed by atoms with Gasteiger partial charge in [0, 0.05) is 19.3 Å². The van der Waals surface area contributed by atoms with Gasteiger partial charge in [0.25, 0.3) is 0 Å². The summed E-state index contributed by atoms with van der Waals surface area (Å²) in [5, 5.41) is 6.31. The van der Waals surface area contributed by atoms with Crippen LogP contribution in [0.1, 0.15) is 12.5 Å². The van der Waals surface area contributed by atoms with E-state index in [0.29, 0.717) is 12.5 Å². The van der Waals surface area contributed by atoms with Gasteiger partial charge in [-0.2, -0.15) is 4.98 Å². The average Bonchev–Trinajstić information content (AvgIpc) is 2.45. The minimum absolute atomic E-state index is 0.212. The summed E-state index contributed by atoms with van der Waals surface area (Å²) in [6.07, 6.45) is 2.51. The van der Waals surface area contributed by atoms with Crippen molar-refractivity contribution in [3.8, 4) is 0 Å². The number of nitrogens with one attached hydrogen (secondary N) is 2. The van der Waals surface area contributed by atoms with Crippen LogP contribution < -0.4 is 10.6 Å². The Balaban J connectivity index is 1.93. The maximum absolute atomic E-state index is 12.8. The molecule has 2 N–H and O–H groups in total. The Morgan fingerprint density at radius 1 is 1.20 bits per heavy atom. The van der Waals surface area contributed by atoms with Crippen molar-refractivity contribution >= 4 is 27.7 Å². The van der Waals surface area contributed by atoms with Crippen molar-refractivity contribution in [1.82, 2.24) is 9.97 Å². The second kappa shape index (κ2) is 7.19. The van der Waals surface area contributed by atoms with Gasteiger partial charge in [-0.3, -0.25) is 0 Å². The minimum atomic E-state index is -0.212. The average molecular weight is 339 g/mol. The lowest BCUT2D eigenvalue weighted by Gasteiger charge is -2.09. The first-order chi connectivity index (χ1) is 9.69. The molecular formula is C14H16BrFN4. The summed E-state index contributed by atoms with van der Waals surface area (Å²) in [5.74, 6) is 1.13. The van der Waals surface area contributed by atoms with Gasteiger partial charge in [0.1, 0.15) is 11.6 Å². The zero-order valence-electron chi connectivity index (χ0n) is 11.2. The molecule has 0 aliphatic carbocycles. The van der Waals surface area contributed by atoms with Crippen LogP contribution in [-0.4, -0.2) is 23.1 Å². The largest absolute Gasteiger partial charge is 0.369 e. The maximum Gasteiger partial charge on any atom is 0.224 e. The third kappa shape index (κ3) is 4.16. The lowest BCUT2D eigenvalue weighted by Crippen LogP contribution is -2.09. The maximum atomic E-state index is 12.8. The van der Waals surface area contributed by atoms with Gasteiger partial charge in [0.05, 0.1) is 4.47 Å². The number of hydrogen-bond donors (Lipinski definition) is 2. The second-order valence-electron chi connectivity index (χ2n) is 4.22. The van der Waals surface area contributed by atoms with E-state index < -0.39 is 0 Å². The predicted octanol–water partition coefficient (Wildman–Crippen LogP) is 3.46. The van der Waals surface area contributed by atoms with Crippen LogP contribution in [0.2, 0.25) is 0 Å². The van der Waals surface area contributed by atoms with E-state index >= 15 is 0 Å². The van der Waals surface area contributed by atoms with Gasteiger partial charge in [-0.25, -0.2) is 9.37 Å². The number of rotatable bonds is 6. The zero-order chi connectivity index (χ0) is 14.4. The van der Waals surface area contributed by atoms with Crippen LogP contribution in [0.4, 0.5) is 16.2 Å². The van der Waals surface area contributed by atoms with E-state index in [2.05, 4.69) is 36.5 Å². The monoisotopic (exact) mass is 338 g/mol. The van der Waals surface area contributed by atoms with Crippen molar-refractivity contribution in [3.63, 3.8) is 0 Å². The molecule has 0 saturated heterocycles. The Kier molecular flexibility index (Phi) is 5.29. The highest BCUT2D eigenvalue weighted by Gasteiger charge is 2.04. The molecule has 2 rings (SSSR count). The Labute approximate surface area is 126 Å². The molecule has 0 saturated carbocycles. The quantitative estimate of drug-likeness (QED) is 0.846. The zero-order valence-corrected chi connectivity index (χ0v) is 12.7. The highest BCUT2D eigenvalue weighted by Crippen LogP contribution is 2.20. The Hall–Kier alpha value is -1.69. The van der Waals surface area contributed by atoms with Crippen LogP contribution in [-0.2, 0) is 6.42 Å². The second-order valence-corrected chi connectivity index (χ2v) is 5.08. The lowest BCUT2D eigenvalue weighted by molar-refractivity contribution is 0.627. The number of benzene rings is 1. The Bertz CT molecular complexity index is 560. The van der Waals surface area contributed by atoms with Gasteiger partial charge in [-0.05, 0) is 47.0 Å². The molecule has 0 amide bonds. The topological polar surface area (TPSA) is 49.8 Å². The van der Waals surface area contributed by atoms with Crippen molar-refractivity contribution in [3.05, 3.63) is 46.3 Å². The summed E-state index contributed by atoms with van der Waals surface area (Å²) in [6.45, 7) is 3.48. The predicted molar refractivity (Wildman–Crippen MR) is 82.5 cm³/mol. The standard InChI is InChI=1S/C14H16BrFN4/c1-2-17-14-19-9-12(15)13(20-14)18-8-7-10-3-5-11(16)6-4-10/h3-6,9H,2,7-8H2,1H3,(H2,17,18,19,20). The van der Waals surface area contributed by atoms with Crippen molar-refractivity contribution in [1.29, 1.82) is 0 Å². The first kappa shape index (κ1) is 14.7. The van der Waals surface area contributed by atoms with E-state index in [1.54, 1.807) is 18.3 Å². The van der Waals surface area contributed by atoms with Gasteiger partial charge in [0.2, 0.25) is 5.95 Å². The van der Waals surface area contributed by atoms with Crippen LogP contribution >= 0.6 is 15.9 Å². The third-order valence-corrected chi connectivity index (χ3v) is 3.28. The number of nitrogens with zero attached hydrogens (tertiary/aromatic N) is 2. The molecule has 1 heterocycles. The molecule has 0 atom stereocenters. The molecule has 0 radical (unpaired) electrons. The van der Waals surface area contributed by atoms with Crippen molar-refractivity contribution in [2.24, 2.45) is 0 Å². The van der Waals surface area contributed by atoms with Crippen LogP contribution in [0.15, 0.2) is 34.9 Å². The molecule has 0 aliphatic heterocycles. The number of anilines is 2. The molecule has 6 heteroatoms. The molecule has 1 aromatic carbocycles. The number of halogens is 2. The van der Waals surface area contributed by atoms with E-state index in [-0.39, 0.29) is 5.82 Å². The van der Waals surface area contributed by atoms with Crippen molar-refractivity contribution in [2.75, 3.05) is 23.7 Å². The van der Waals surface area contributed by atoms with Crippen LogP contribution in [0, 0.1) is 5.82 Å². The van der Waals surface area contributed by atoms with E-state index in [1.165, 1.54) is 12.1 Å². The smallest absolute Gasteiger partial charge is 0.224 e. The minimum Gasteiger partial charge on any atom is -0.369 e. The molecule has 20 heavy (non-hydrogen) atoms. The van der Waals surface area contributed by atoms with Gasteiger partial charge in [0.15, 0.2) is 0 Å². The van der Waals surface area contributed by atoms with E-state index in [4.69, 9.17) is 0 Å². The highest BCUT2D eigenvalue weighted by atomic mass is 79.9. The molecule has 1 aromatic heterocycles. The molecular weight excluding hydrogens is 323 g/mol. The number of aromatic nitrogens is 2. The molecule has 0 bridgehead atoms. The van der Waals surface area contributed by atoms with Crippen LogP contribution in [0.25, 0.3) is 0 Å². The molecule has 0 unspecified atom stereocenters. The Morgan fingerprint density at radius 2 is 1.95 bits per heavy atom. The van der Waals surface area contributed by atoms with E-state index in [1.807, 2.05) is 6.92 Å². The summed E-state index contributed by atoms with van der Waals surface area (Å²) in [6, 6.07) is 6.52. The summed E-state index contributed by atoms with van der Waals surface area (Å²) in [7, 11) is 0. The molecule has 2 aromatic rings. The van der Waals surface area contributed by atoms with E-state index in [9.17, 15) is 4.39 Å². The summed E-state index contributed by atoms with van der Waals surface area (Å²) >= 11 is 3.41. The fraction of sp³-hybridized carbons (Fsp3) is 0.286. The van der Waals surface area contributed by atoms with Crippen LogP contribution in [0.5, 0.6) is 0 Å². The van der Waals surface area contributed by atoms with Gasteiger partial charge < -0.3 is 10.6 Å². The summed E-state index contributed by atoms with van der Waals surface area (Å²) < 4.78 is 13.6. The van der Waals surface area contributed by atoms with Gasteiger partial charge in [-0.1, -0.05) is 12.1 Å². The molecule has 0 aliphatic rings. The van der Waals surface area contributed by atoms with Gasteiger partial charge in [-0.15, -0.1) is 0 Å². The molecule has 4 nitrogen and oxygen atoms in total. The molecule has 0 fully saturated rings. The fourth-order valence-electron chi connectivity index (χ4n) is 1.71. The first-order valence-corrected chi connectivity index (χ1v) is 7.23. The van der Waals surface area contributed by atoms with Crippen molar-refractivity contribution in [2.45, 2.75) is 13.3 Å². The molecule has 106 valence electrons.